The molecule has 226 valence electrons. The highest BCUT2D eigenvalue weighted by Gasteiger charge is 2.26. The number of aromatic nitrogens is 1. The molecule has 1 aliphatic rings. The summed E-state index contributed by atoms with van der Waals surface area (Å²) in [4.78, 5) is 5.35. The van der Waals surface area contributed by atoms with Crippen LogP contribution < -0.4 is 5.32 Å². The molecule has 2 aromatic heterocycles. The minimum atomic E-state index is -0.198. The number of nitrogens with one attached hydrogen (secondary N) is 1. The van der Waals surface area contributed by atoms with Gasteiger partial charge in [0, 0.05) is 38.4 Å². The highest BCUT2D eigenvalue weighted by molar-refractivity contribution is 6.26. The number of fused-ring (bicyclic) bond motifs is 7. The second-order valence-electron chi connectivity index (χ2n) is 12.3. The van der Waals surface area contributed by atoms with E-state index in [9.17, 15) is 0 Å². The van der Waals surface area contributed by atoms with Gasteiger partial charge in [-0.1, -0.05) is 133 Å². The van der Waals surface area contributed by atoms with Gasteiger partial charge < -0.3 is 14.3 Å². The Morgan fingerprint density at radius 3 is 2.08 bits per heavy atom. The number of furan rings is 1. The Hall–Kier alpha value is -6.39. The van der Waals surface area contributed by atoms with Crippen LogP contribution in [-0.2, 0) is 0 Å². The number of nitrogens with zero attached hydrogens (tertiary/aromatic N) is 2. The number of benzene rings is 7. The average molecular weight is 616 g/mol. The molecule has 1 N–H and O–H groups in total. The quantitative estimate of drug-likeness (QED) is 0.214. The van der Waals surface area contributed by atoms with Crippen LogP contribution in [0.3, 0.4) is 0 Å². The zero-order valence-electron chi connectivity index (χ0n) is 26.0. The second kappa shape index (κ2) is 10.6. The first kappa shape index (κ1) is 26.8. The van der Waals surface area contributed by atoms with E-state index < -0.39 is 0 Å². The standard InChI is InChI=1S/C44H29N3O/c1-3-14-28(15-4-1)30-20-11-25-37-40(30)32-19-8-10-24-36(32)47(37)38-26-12-22-34-41-33(21-13-27-39(41)48-43(34)38)42-31-18-7-9-23-35(31)45-44(46-42)29-16-5-2-6-17-29/h1-27,44-45H. The van der Waals surface area contributed by atoms with Crippen LogP contribution in [0, 0.1) is 0 Å². The number of anilines is 1. The van der Waals surface area contributed by atoms with Crippen LogP contribution in [0.25, 0.3) is 60.6 Å². The van der Waals surface area contributed by atoms with E-state index in [-0.39, 0.29) is 6.17 Å². The van der Waals surface area contributed by atoms with Gasteiger partial charge in [-0.3, -0.25) is 4.99 Å². The Labute approximate surface area is 277 Å². The Morgan fingerprint density at radius 1 is 0.521 bits per heavy atom. The van der Waals surface area contributed by atoms with Crippen molar-refractivity contribution in [3.05, 3.63) is 180 Å². The Kier molecular flexibility index (Phi) is 5.90. The molecule has 1 aliphatic heterocycles. The molecule has 0 saturated heterocycles. The Bertz CT molecular complexity index is 2700. The van der Waals surface area contributed by atoms with E-state index in [4.69, 9.17) is 9.41 Å². The molecule has 0 aliphatic carbocycles. The van der Waals surface area contributed by atoms with Crippen molar-refractivity contribution in [3.8, 4) is 16.8 Å². The fourth-order valence-electron chi connectivity index (χ4n) is 7.54. The first-order chi connectivity index (χ1) is 23.8. The first-order valence-electron chi connectivity index (χ1n) is 16.3. The predicted octanol–water partition coefficient (Wildman–Crippen LogP) is 11.3. The molecule has 3 heterocycles. The molecule has 1 unspecified atom stereocenters. The largest absolute Gasteiger partial charge is 0.454 e. The summed E-state index contributed by atoms with van der Waals surface area (Å²) >= 11 is 0. The van der Waals surface area contributed by atoms with Crippen LogP contribution in [0.1, 0.15) is 22.9 Å². The molecular formula is C44H29N3O. The minimum Gasteiger partial charge on any atom is -0.454 e. The number of hydrogen-bond donors (Lipinski definition) is 1. The zero-order valence-corrected chi connectivity index (χ0v) is 26.0. The van der Waals surface area contributed by atoms with Crippen LogP contribution >= 0.6 is 0 Å². The lowest BCUT2D eigenvalue weighted by Crippen LogP contribution is -2.20. The third kappa shape index (κ3) is 3.99. The van der Waals surface area contributed by atoms with Crippen molar-refractivity contribution in [1.82, 2.24) is 4.57 Å². The van der Waals surface area contributed by atoms with Crippen molar-refractivity contribution in [1.29, 1.82) is 0 Å². The fraction of sp³-hybridized carbons (Fsp3) is 0.0227. The normalized spacial score (nSPS) is 14.3. The predicted molar refractivity (Wildman–Crippen MR) is 198 cm³/mol. The van der Waals surface area contributed by atoms with Gasteiger partial charge in [0.05, 0.1) is 22.4 Å². The van der Waals surface area contributed by atoms with Gasteiger partial charge in [0.2, 0.25) is 0 Å². The van der Waals surface area contributed by atoms with E-state index in [2.05, 4.69) is 168 Å². The Balaban J connectivity index is 1.24. The van der Waals surface area contributed by atoms with Crippen molar-refractivity contribution in [2.24, 2.45) is 4.99 Å². The van der Waals surface area contributed by atoms with Gasteiger partial charge in [-0.25, -0.2) is 0 Å². The van der Waals surface area contributed by atoms with E-state index in [0.717, 1.165) is 66.7 Å². The van der Waals surface area contributed by atoms with Crippen molar-refractivity contribution in [3.63, 3.8) is 0 Å². The highest BCUT2D eigenvalue weighted by atomic mass is 16.3. The molecule has 0 fully saturated rings. The topological polar surface area (TPSA) is 42.5 Å². The summed E-state index contributed by atoms with van der Waals surface area (Å²) in [7, 11) is 0. The minimum absolute atomic E-state index is 0.198. The van der Waals surface area contributed by atoms with Gasteiger partial charge in [0.25, 0.3) is 0 Å². The molecule has 9 aromatic rings. The van der Waals surface area contributed by atoms with E-state index in [1.165, 1.54) is 21.9 Å². The van der Waals surface area contributed by atoms with E-state index in [1.807, 2.05) is 6.07 Å². The molecule has 4 heteroatoms. The van der Waals surface area contributed by atoms with Crippen molar-refractivity contribution in [2.75, 3.05) is 5.32 Å². The molecular weight excluding hydrogens is 587 g/mol. The molecule has 0 spiro atoms. The van der Waals surface area contributed by atoms with Crippen LogP contribution in [0.4, 0.5) is 5.69 Å². The lowest BCUT2D eigenvalue weighted by Gasteiger charge is -2.26. The maximum atomic E-state index is 6.86. The zero-order chi connectivity index (χ0) is 31.6. The van der Waals surface area contributed by atoms with Crippen LogP contribution in [0.5, 0.6) is 0 Å². The van der Waals surface area contributed by atoms with Crippen LogP contribution in [0.2, 0.25) is 0 Å². The highest BCUT2D eigenvalue weighted by Crippen LogP contribution is 2.43. The van der Waals surface area contributed by atoms with Crippen LogP contribution in [-0.4, -0.2) is 10.3 Å². The van der Waals surface area contributed by atoms with Crippen molar-refractivity contribution >= 4 is 55.1 Å². The molecule has 7 aromatic carbocycles. The summed E-state index contributed by atoms with van der Waals surface area (Å²) in [5.41, 5.74) is 12.7. The lowest BCUT2D eigenvalue weighted by molar-refractivity contribution is 0.666. The van der Waals surface area contributed by atoms with Gasteiger partial charge in [-0.2, -0.15) is 0 Å². The van der Waals surface area contributed by atoms with Gasteiger partial charge in [-0.05, 0) is 47.0 Å². The number of rotatable bonds is 4. The molecule has 1 atom stereocenters. The number of para-hydroxylation sites is 3. The monoisotopic (exact) mass is 615 g/mol. The summed E-state index contributed by atoms with van der Waals surface area (Å²) in [6.45, 7) is 0. The molecule has 0 bridgehead atoms. The molecule has 0 amide bonds. The summed E-state index contributed by atoms with van der Waals surface area (Å²) in [5, 5.41) is 8.25. The average Bonchev–Trinajstić information content (AvgIpc) is 3.71. The number of aliphatic imine (C=N–C) groups is 1. The summed E-state index contributed by atoms with van der Waals surface area (Å²) < 4.78 is 9.22. The van der Waals surface area contributed by atoms with Gasteiger partial charge in [0.15, 0.2) is 5.58 Å². The summed E-state index contributed by atoms with van der Waals surface area (Å²) in [6, 6.07) is 57.6. The van der Waals surface area contributed by atoms with E-state index >= 15 is 0 Å². The van der Waals surface area contributed by atoms with Crippen LogP contribution in [0.15, 0.2) is 173 Å². The van der Waals surface area contributed by atoms with Gasteiger partial charge >= 0.3 is 0 Å². The summed E-state index contributed by atoms with van der Waals surface area (Å²) in [6.07, 6.45) is -0.198. The van der Waals surface area contributed by atoms with E-state index in [0.29, 0.717) is 0 Å². The maximum Gasteiger partial charge on any atom is 0.159 e. The Morgan fingerprint density at radius 2 is 1.19 bits per heavy atom. The van der Waals surface area contributed by atoms with E-state index in [1.54, 1.807) is 0 Å². The first-order valence-corrected chi connectivity index (χ1v) is 16.3. The molecule has 0 radical (unpaired) electrons. The van der Waals surface area contributed by atoms with Gasteiger partial charge in [0.1, 0.15) is 11.7 Å². The fourth-order valence-corrected chi connectivity index (χ4v) is 7.54. The number of hydrogen-bond acceptors (Lipinski definition) is 3. The second-order valence-corrected chi connectivity index (χ2v) is 12.3. The molecule has 10 rings (SSSR count). The maximum absolute atomic E-state index is 6.86. The van der Waals surface area contributed by atoms with Crippen molar-refractivity contribution < 1.29 is 4.42 Å². The van der Waals surface area contributed by atoms with Crippen molar-refractivity contribution in [2.45, 2.75) is 6.17 Å². The third-order valence-corrected chi connectivity index (χ3v) is 9.63. The molecule has 0 saturated carbocycles. The molecule has 48 heavy (non-hydrogen) atoms. The summed E-state index contributed by atoms with van der Waals surface area (Å²) in [5.74, 6) is 0. The third-order valence-electron chi connectivity index (χ3n) is 9.63. The SMILES string of the molecule is c1ccc(-c2cccc3c2c2ccccc2n3-c2cccc3c2oc2cccc(C4=NC(c5ccccc5)Nc5ccccc54)c23)cc1. The lowest BCUT2D eigenvalue weighted by atomic mass is 9.94. The smallest absolute Gasteiger partial charge is 0.159 e. The van der Waals surface area contributed by atoms with Gasteiger partial charge in [-0.15, -0.1) is 0 Å². The molecule has 4 nitrogen and oxygen atoms in total.